The summed E-state index contributed by atoms with van der Waals surface area (Å²) in [6, 6.07) is 11.1. The molecule has 0 aromatic heterocycles. The minimum Gasteiger partial charge on any atom is -0.271 e. The number of rotatable bonds is 4. The summed E-state index contributed by atoms with van der Waals surface area (Å²) in [6.45, 7) is 0. The summed E-state index contributed by atoms with van der Waals surface area (Å²) in [7, 11) is 0. The predicted octanol–water partition coefficient (Wildman–Crippen LogP) is 5.16. The van der Waals surface area contributed by atoms with Crippen molar-refractivity contribution >= 4 is 50.7 Å². The topological polar surface area (TPSA) is 38.0 Å². The molecule has 0 spiro atoms. The first-order valence-corrected chi connectivity index (χ1v) is 7.79. The lowest BCUT2D eigenvalue weighted by Gasteiger charge is -2.18. The van der Waals surface area contributed by atoms with Gasteiger partial charge in [-0.1, -0.05) is 46.9 Å². The lowest BCUT2D eigenvalue weighted by atomic mass is 9.99. The maximum atomic E-state index is 6.19. The molecule has 0 saturated carbocycles. The number of hydrogen-bond donors (Lipinski definition) is 2. The summed E-state index contributed by atoms with van der Waals surface area (Å²) in [4.78, 5) is 0. The van der Waals surface area contributed by atoms with Crippen molar-refractivity contribution in [2.75, 3.05) is 0 Å². The van der Waals surface area contributed by atoms with Crippen LogP contribution in [-0.4, -0.2) is 0 Å². The Labute approximate surface area is 141 Å². The van der Waals surface area contributed by atoms with Gasteiger partial charge in [0.25, 0.3) is 0 Å². The van der Waals surface area contributed by atoms with E-state index in [1.54, 1.807) is 6.07 Å². The van der Waals surface area contributed by atoms with Gasteiger partial charge in [0.15, 0.2) is 0 Å². The molecular weight excluding hydrogens is 382 g/mol. The molecule has 1 atom stereocenters. The Hall–Kier alpha value is -0.290. The molecule has 106 valence electrons. The number of halogens is 4. The molecule has 0 bridgehead atoms. The molecule has 2 aromatic carbocycles. The highest BCUT2D eigenvalue weighted by molar-refractivity contribution is 9.10. The Morgan fingerprint density at radius 3 is 2.40 bits per heavy atom. The van der Waals surface area contributed by atoms with Gasteiger partial charge >= 0.3 is 0 Å². The van der Waals surface area contributed by atoms with Crippen LogP contribution in [0.25, 0.3) is 0 Å². The molecular formula is C14H12BrCl3N2. The summed E-state index contributed by atoms with van der Waals surface area (Å²) >= 11 is 21.6. The van der Waals surface area contributed by atoms with Crippen LogP contribution in [0, 0.1) is 0 Å². The molecule has 0 aliphatic carbocycles. The molecule has 0 amide bonds. The second kappa shape index (κ2) is 7.12. The van der Waals surface area contributed by atoms with Gasteiger partial charge in [-0.3, -0.25) is 11.3 Å². The van der Waals surface area contributed by atoms with Crippen molar-refractivity contribution in [1.29, 1.82) is 0 Å². The van der Waals surface area contributed by atoms with Crippen LogP contribution in [0.15, 0.2) is 40.9 Å². The fraction of sp³-hybridized carbons (Fsp3) is 0.143. The molecule has 3 N–H and O–H groups in total. The number of hydrazine groups is 1. The van der Waals surface area contributed by atoms with Crippen LogP contribution in [0.4, 0.5) is 0 Å². The van der Waals surface area contributed by atoms with Gasteiger partial charge in [0, 0.05) is 14.5 Å². The first kappa shape index (κ1) is 16.1. The number of benzene rings is 2. The van der Waals surface area contributed by atoms with E-state index in [-0.39, 0.29) is 6.04 Å². The van der Waals surface area contributed by atoms with Crippen molar-refractivity contribution in [3.63, 3.8) is 0 Å². The van der Waals surface area contributed by atoms with Gasteiger partial charge in [0.2, 0.25) is 0 Å². The lowest BCUT2D eigenvalue weighted by molar-refractivity contribution is 0.552. The Kier molecular flexibility index (Phi) is 5.73. The molecule has 1 unspecified atom stereocenters. The largest absolute Gasteiger partial charge is 0.271 e. The van der Waals surface area contributed by atoms with Crippen molar-refractivity contribution in [2.45, 2.75) is 12.5 Å². The average molecular weight is 395 g/mol. The zero-order valence-corrected chi connectivity index (χ0v) is 14.2. The molecule has 0 aliphatic rings. The van der Waals surface area contributed by atoms with E-state index in [4.69, 9.17) is 40.6 Å². The SMILES string of the molecule is NNC(Cc1ccc(Cl)cc1Cl)c1ccc(Br)c(Cl)c1. The van der Waals surface area contributed by atoms with E-state index in [1.165, 1.54) is 0 Å². The van der Waals surface area contributed by atoms with Crippen LogP contribution in [0.5, 0.6) is 0 Å². The zero-order valence-electron chi connectivity index (χ0n) is 10.3. The fourth-order valence-electron chi connectivity index (χ4n) is 1.91. The summed E-state index contributed by atoms with van der Waals surface area (Å²) < 4.78 is 0.850. The van der Waals surface area contributed by atoms with E-state index < -0.39 is 0 Å². The van der Waals surface area contributed by atoms with Gasteiger partial charge in [0.05, 0.1) is 11.1 Å². The van der Waals surface area contributed by atoms with Crippen molar-refractivity contribution in [1.82, 2.24) is 5.43 Å². The highest BCUT2D eigenvalue weighted by Crippen LogP contribution is 2.29. The maximum absolute atomic E-state index is 6.19. The Morgan fingerprint density at radius 2 is 1.80 bits per heavy atom. The van der Waals surface area contributed by atoms with E-state index in [9.17, 15) is 0 Å². The number of hydrogen-bond acceptors (Lipinski definition) is 2. The highest BCUT2D eigenvalue weighted by atomic mass is 79.9. The predicted molar refractivity (Wildman–Crippen MR) is 89.4 cm³/mol. The second-order valence-corrected chi connectivity index (χ2v) is 6.44. The second-order valence-electron chi connectivity index (χ2n) is 4.33. The monoisotopic (exact) mass is 392 g/mol. The Balaban J connectivity index is 2.26. The van der Waals surface area contributed by atoms with E-state index in [2.05, 4.69) is 21.4 Å². The lowest BCUT2D eigenvalue weighted by Crippen LogP contribution is -2.29. The molecule has 0 heterocycles. The minimum atomic E-state index is -0.0840. The molecule has 0 radical (unpaired) electrons. The summed E-state index contributed by atoms with van der Waals surface area (Å²) in [5.41, 5.74) is 4.75. The van der Waals surface area contributed by atoms with Crippen LogP contribution in [0.1, 0.15) is 17.2 Å². The van der Waals surface area contributed by atoms with Gasteiger partial charge in [-0.15, -0.1) is 0 Å². The average Bonchev–Trinajstić information content (AvgIpc) is 2.41. The quantitative estimate of drug-likeness (QED) is 0.555. The van der Waals surface area contributed by atoms with Gasteiger partial charge in [-0.05, 0) is 57.7 Å². The standard InChI is InChI=1S/C14H12BrCl3N2/c15-11-4-2-9(5-13(11)18)14(20-19)6-8-1-3-10(16)7-12(8)17/h1-5,7,14,20H,6,19H2. The maximum Gasteiger partial charge on any atom is 0.0551 e. The van der Waals surface area contributed by atoms with Crippen LogP contribution in [0.3, 0.4) is 0 Å². The van der Waals surface area contributed by atoms with Gasteiger partial charge < -0.3 is 0 Å². The van der Waals surface area contributed by atoms with E-state index in [1.807, 2.05) is 30.3 Å². The first-order valence-electron chi connectivity index (χ1n) is 5.86. The summed E-state index contributed by atoms with van der Waals surface area (Å²) in [5, 5.41) is 1.88. The third-order valence-corrected chi connectivity index (χ3v) is 4.81. The van der Waals surface area contributed by atoms with Crippen molar-refractivity contribution in [3.05, 3.63) is 67.1 Å². The van der Waals surface area contributed by atoms with Crippen molar-refractivity contribution < 1.29 is 0 Å². The third-order valence-electron chi connectivity index (χ3n) is 2.99. The van der Waals surface area contributed by atoms with Gasteiger partial charge in [-0.2, -0.15) is 0 Å². The molecule has 20 heavy (non-hydrogen) atoms. The summed E-state index contributed by atoms with van der Waals surface area (Å²) in [6.07, 6.45) is 0.643. The molecule has 2 nitrogen and oxygen atoms in total. The third kappa shape index (κ3) is 3.88. The molecule has 6 heteroatoms. The Bertz CT molecular complexity index is 619. The molecule has 0 aliphatic heterocycles. The minimum absolute atomic E-state index is 0.0840. The highest BCUT2D eigenvalue weighted by Gasteiger charge is 2.14. The Morgan fingerprint density at radius 1 is 1.05 bits per heavy atom. The smallest absolute Gasteiger partial charge is 0.0551 e. The van der Waals surface area contributed by atoms with Crippen LogP contribution >= 0.6 is 50.7 Å². The van der Waals surface area contributed by atoms with Crippen molar-refractivity contribution in [2.24, 2.45) is 5.84 Å². The molecule has 0 saturated heterocycles. The van der Waals surface area contributed by atoms with E-state index in [0.717, 1.165) is 15.6 Å². The first-order chi connectivity index (χ1) is 9.51. The van der Waals surface area contributed by atoms with Crippen molar-refractivity contribution in [3.8, 4) is 0 Å². The summed E-state index contributed by atoms with van der Waals surface area (Å²) in [5.74, 6) is 5.65. The van der Waals surface area contributed by atoms with Crippen LogP contribution < -0.4 is 11.3 Å². The molecule has 2 rings (SSSR count). The zero-order chi connectivity index (χ0) is 14.7. The van der Waals surface area contributed by atoms with Crippen LogP contribution in [-0.2, 0) is 6.42 Å². The molecule has 2 aromatic rings. The normalized spacial score (nSPS) is 12.4. The fourth-order valence-corrected chi connectivity index (χ4v) is 2.83. The number of nitrogens with one attached hydrogen (secondary N) is 1. The van der Waals surface area contributed by atoms with E-state index >= 15 is 0 Å². The number of nitrogens with two attached hydrogens (primary N) is 1. The van der Waals surface area contributed by atoms with Crippen LogP contribution in [0.2, 0.25) is 15.1 Å². The van der Waals surface area contributed by atoms with Gasteiger partial charge in [-0.25, -0.2) is 0 Å². The van der Waals surface area contributed by atoms with E-state index in [0.29, 0.717) is 21.5 Å². The molecule has 0 fully saturated rings. The van der Waals surface area contributed by atoms with Gasteiger partial charge in [0.1, 0.15) is 0 Å².